The summed E-state index contributed by atoms with van der Waals surface area (Å²) < 4.78 is 40.7. The second-order valence-electron chi connectivity index (χ2n) is 9.22. The lowest BCUT2D eigenvalue weighted by molar-refractivity contribution is -0.274. The van der Waals surface area contributed by atoms with E-state index in [0.717, 1.165) is 31.2 Å². The first kappa shape index (κ1) is 27.4. The first-order valence-corrected chi connectivity index (χ1v) is 12.4. The number of benzene rings is 2. The average molecular weight is 506 g/mol. The summed E-state index contributed by atoms with van der Waals surface area (Å²) in [7, 11) is 0. The molecule has 0 unspecified atom stereocenters. The number of hydrogen-bond acceptors (Lipinski definition) is 4. The molecule has 6 nitrogen and oxygen atoms in total. The summed E-state index contributed by atoms with van der Waals surface area (Å²) in [5, 5.41) is 8.90. The Balaban J connectivity index is 1.51. The molecule has 0 aromatic heterocycles. The van der Waals surface area contributed by atoms with Crippen molar-refractivity contribution in [1.82, 2.24) is 10.6 Å². The maximum Gasteiger partial charge on any atom is 0.573 e. The molecule has 0 heterocycles. The Bertz CT molecular complexity index is 962. The lowest BCUT2D eigenvalue weighted by Crippen LogP contribution is -2.49. The van der Waals surface area contributed by atoms with E-state index >= 15 is 0 Å². The van der Waals surface area contributed by atoms with Crippen LogP contribution in [0.1, 0.15) is 56.9 Å². The summed E-state index contributed by atoms with van der Waals surface area (Å²) in [6.45, 7) is 2.50. The molecule has 9 heteroatoms. The van der Waals surface area contributed by atoms with Crippen LogP contribution in [0.25, 0.3) is 0 Å². The topological polar surface area (TPSA) is 79.5 Å². The molecule has 0 aliphatic heterocycles. The molecule has 3 rings (SSSR count). The van der Waals surface area contributed by atoms with E-state index in [4.69, 9.17) is 0 Å². The zero-order chi connectivity index (χ0) is 26.0. The number of hydrogen-bond donors (Lipinski definition) is 3. The van der Waals surface area contributed by atoms with E-state index in [1.54, 1.807) is 0 Å². The van der Waals surface area contributed by atoms with Crippen LogP contribution in [0, 0.1) is 5.92 Å². The molecule has 2 amide bonds. The highest BCUT2D eigenvalue weighted by molar-refractivity contribution is 5.90. The standard InChI is InChI=1S/C27H34F3N3O3/c1-19(21-10-6-3-7-11-21)25(34)33-24(18-20-8-4-2-5-9-20)26(35)32-17-16-31-22-12-14-23(15-13-22)36-27(28,29)30/h3,6-7,10-15,19-20,24,31H,2,4-5,8-9,16-18H2,1H3,(H,32,35)(H,33,34)/t19-,24+/m1/s1. The highest BCUT2D eigenvalue weighted by atomic mass is 19.4. The molecule has 196 valence electrons. The third-order valence-corrected chi connectivity index (χ3v) is 6.46. The molecular weight excluding hydrogens is 471 g/mol. The number of carbonyl (C=O) groups is 2. The Morgan fingerprint density at radius 3 is 2.25 bits per heavy atom. The Morgan fingerprint density at radius 2 is 1.61 bits per heavy atom. The minimum Gasteiger partial charge on any atom is -0.406 e. The van der Waals surface area contributed by atoms with Crippen LogP contribution in [0.5, 0.6) is 5.75 Å². The van der Waals surface area contributed by atoms with Crippen LogP contribution in [-0.2, 0) is 9.59 Å². The van der Waals surface area contributed by atoms with Crippen LogP contribution >= 0.6 is 0 Å². The Hall–Kier alpha value is -3.23. The summed E-state index contributed by atoms with van der Waals surface area (Å²) in [4.78, 5) is 26.0. The zero-order valence-corrected chi connectivity index (χ0v) is 20.4. The first-order chi connectivity index (χ1) is 17.2. The summed E-state index contributed by atoms with van der Waals surface area (Å²) in [5.41, 5.74) is 1.49. The van der Waals surface area contributed by atoms with E-state index in [9.17, 15) is 22.8 Å². The molecule has 2 atom stereocenters. The van der Waals surface area contributed by atoms with Crippen LogP contribution in [0.4, 0.5) is 18.9 Å². The van der Waals surface area contributed by atoms with Crippen LogP contribution in [0.15, 0.2) is 54.6 Å². The molecule has 3 N–H and O–H groups in total. The number of ether oxygens (including phenoxy) is 1. The maximum absolute atomic E-state index is 13.0. The predicted octanol–water partition coefficient (Wildman–Crippen LogP) is 5.37. The predicted molar refractivity (Wildman–Crippen MR) is 133 cm³/mol. The molecule has 0 spiro atoms. The van der Waals surface area contributed by atoms with Gasteiger partial charge in [-0.05, 0) is 49.1 Å². The van der Waals surface area contributed by atoms with Crippen molar-refractivity contribution >= 4 is 17.5 Å². The number of nitrogens with one attached hydrogen (secondary N) is 3. The van der Waals surface area contributed by atoms with E-state index in [0.29, 0.717) is 31.1 Å². The van der Waals surface area contributed by atoms with Crippen LogP contribution in [-0.4, -0.2) is 37.3 Å². The fourth-order valence-electron chi connectivity index (χ4n) is 4.47. The minimum absolute atomic E-state index is 0.184. The van der Waals surface area contributed by atoms with Crippen LogP contribution in [0.3, 0.4) is 0 Å². The van der Waals surface area contributed by atoms with Gasteiger partial charge in [0.25, 0.3) is 0 Å². The normalized spacial score (nSPS) is 16.0. The van der Waals surface area contributed by atoms with E-state index in [-0.39, 0.29) is 23.5 Å². The average Bonchev–Trinajstić information content (AvgIpc) is 2.86. The Kier molecular flexibility index (Phi) is 10.0. The van der Waals surface area contributed by atoms with Crippen molar-refractivity contribution in [2.24, 2.45) is 5.92 Å². The van der Waals surface area contributed by atoms with Gasteiger partial charge in [-0.2, -0.15) is 0 Å². The van der Waals surface area contributed by atoms with Gasteiger partial charge in [-0.1, -0.05) is 62.4 Å². The second kappa shape index (κ2) is 13.2. The highest BCUT2D eigenvalue weighted by Crippen LogP contribution is 2.28. The molecule has 0 saturated heterocycles. The Labute approximate surface area is 210 Å². The van der Waals surface area contributed by atoms with Gasteiger partial charge in [-0.25, -0.2) is 0 Å². The van der Waals surface area contributed by atoms with Gasteiger partial charge >= 0.3 is 6.36 Å². The van der Waals surface area contributed by atoms with Gasteiger partial charge in [0.1, 0.15) is 11.8 Å². The minimum atomic E-state index is -4.73. The van der Waals surface area contributed by atoms with Crippen molar-refractivity contribution in [1.29, 1.82) is 0 Å². The lowest BCUT2D eigenvalue weighted by Gasteiger charge is -2.27. The fourth-order valence-corrected chi connectivity index (χ4v) is 4.47. The fraction of sp³-hybridized carbons (Fsp3) is 0.481. The number of carbonyl (C=O) groups excluding carboxylic acids is 2. The number of alkyl halides is 3. The van der Waals surface area contributed by atoms with Gasteiger partial charge in [-0.15, -0.1) is 13.2 Å². The summed E-state index contributed by atoms with van der Waals surface area (Å²) in [5.74, 6) is -0.690. The first-order valence-electron chi connectivity index (χ1n) is 12.4. The molecule has 0 radical (unpaired) electrons. The smallest absolute Gasteiger partial charge is 0.406 e. The third kappa shape index (κ3) is 9.09. The molecule has 1 aliphatic rings. The molecule has 1 saturated carbocycles. The second-order valence-corrected chi connectivity index (χ2v) is 9.22. The van der Waals surface area contributed by atoms with Crippen molar-refractivity contribution in [3.63, 3.8) is 0 Å². The van der Waals surface area contributed by atoms with Crippen molar-refractivity contribution in [2.45, 2.75) is 63.8 Å². The quantitative estimate of drug-likeness (QED) is 0.359. The van der Waals surface area contributed by atoms with Crippen molar-refractivity contribution in [3.05, 3.63) is 60.2 Å². The van der Waals surface area contributed by atoms with Gasteiger partial charge in [0.15, 0.2) is 0 Å². The number of anilines is 1. The zero-order valence-electron chi connectivity index (χ0n) is 20.4. The summed E-state index contributed by atoms with van der Waals surface area (Å²) in [6.07, 6.45) is 1.48. The largest absolute Gasteiger partial charge is 0.573 e. The Morgan fingerprint density at radius 1 is 0.944 bits per heavy atom. The highest BCUT2D eigenvalue weighted by Gasteiger charge is 2.31. The lowest BCUT2D eigenvalue weighted by atomic mass is 9.84. The van der Waals surface area contributed by atoms with Crippen molar-refractivity contribution in [3.8, 4) is 5.75 Å². The van der Waals surface area contributed by atoms with Gasteiger partial charge < -0.3 is 20.7 Å². The number of amides is 2. The van der Waals surface area contributed by atoms with E-state index in [2.05, 4.69) is 20.7 Å². The number of rotatable bonds is 11. The van der Waals surface area contributed by atoms with Crippen molar-refractivity contribution < 1.29 is 27.5 Å². The van der Waals surface area contributed by atoms with Gasteiger partial charge in [0, 0.05) is 18.8 Å². The molecular formula is C27H34F3N3O3. The van der Waals surface area contributed by atoms with Gasteiger partial charge in [0.05, 0.1) is 5.92 Å². The number of halogens is 3. The monoisotopic (exact) mass is 505 g/mol. The molecule has 0 bridgehead atoms. The maximum atomic E-state index is 13.0. The third-order valence-electron chi connectivity index (χ3n) is 6.46. The van der Waals surface area contributed by atoms with Gasteiger partial charge in [-0.3, -0.25) is 9.59 Å². The molecule has 36 heavy (non-hydrogen) atoms. The van der Waals surface area contributed by atoms with Crippen molar-refractivity contribution in [2.75, 3.05) is 18.4 Å². The van der Waals surface area contributed by atoms with Crippen LogP contribution < -0.4 is 20.7 Å². The molecule has 1 fully saturated rings. The van der Waals surface area contributed by atoms with Crippen LogP contribution in [0.2, 0.25) is 0 Å². The van der Waals surface area contributed by atoms with E-state index in [1.807, 2.05) is 37.3 Å². The summed E-state index contributed by atoms with van der Waals surface area (Å²) >= 11 is 0. The molecule has 1 aliphatic carbocycles. The van der Waals surface area contributed by atoms with E-state index in [1.165, 1.54) is 30.7 Å². The summed E-state index contributed by atoms with van der Waals surface area (Å²) in [6, 6.07) is 14.2. The molecule has 2 aromatic rings. The SMILES string of the molecule is C[C@@H](C(=O)N[C@@H](CC1CCCCC1)C(=O)NCCNc1ccc(OC(F)(F)F)cc1)c1ccccc1. The molecule has 2 aromatic carbocycles. The van der Waals surface area contributed by atoms with Gasteiger partial charge in [0.2, 0.25) is 11.8 Å². The van der Waals surface area contributed by atoms with E-state index < -0.39 is 12.4 Å².